The summed E-state index contributed by atoms with van der Waals surface area (Å²) in [7, 11) is 0. The summed E-state index contributed by atoms with van der Waals surface area (Å²) in [5.74, 6) is 15.0. The van der Waals surface area contributed by atoms with Crippen LogP contribution in [0.1, 0.15) is 254 Å². The van der Waals surface area contributed by atoms with Crippen molar-refractivity contribution in [2.24, 2.45) is 127 Å². The van der Waals surface area contributed by atoms with Gasteiger partial charge in [-0.1, -0.05) is 138 Å². The van der Waals surface area contributed by atoms with Gasteiger partial charge in [0.2, 0.25) is 0 Å². The molecule has 8 unspecified atom stereocenters. The Morgan fingerprint density at radius 3 is 0.698 bits per heavy atom. The number of rotatable bonds is 10. The van der Waals surface area contributed by atoms with Crippen molar-refractivity contribution in [3.8, 4) is 0 Å². The van der Waals surface area contributed by atoms with Crippen LogP contribution in [0.3, 0.4) is 0 Å². The van der Waals surface area contributed by atoms with E-state index in [-0.39, 0.29) is 0 Å². The lowest BCUT2D eigenvalue weighted by atomic mass is 9.30. The van der Waals surface area contributed by atoms with Crippen molar-refractivity contribution in [1.82, 2.24) is 0 Å². The molecule has 0 aromatic carbocycles. The van der Waals surface area contributed by atoms with Gasteiger partial charge < -0.3 is 4.74 Å². The van der Waals surface area contributed by atoms with Crippen molar-refractivity contribution in [1.29, 1.82) is 0 Å². The van der Waals surface area contributed by atoms with E-state index in [1.54, 1.807) is 19.3 Å². The van der Waals surface area contributed by atoms with Crippen molar-refractivity contribution in [3.05, 3.63) is 0 Å². The SMILES string of the molecule is CC(C)C12CC(C(C)C)(C1)C2.CC(C)C12CCC(C(C)C)(C1)C2.CC(C)C12CCC(C(C)C)(CC1)CC2.CC(C)C1CC2CC1CC2C(C)C.CC(C)C1CC2OC1CC2C(C)C. The quantitative estimate of drug-likeness (QED) is 0.212. The van der Waals surface area contributed by atoms with Gasteiger partial charge in [0.1, 0.15) is 0 Å². The second-order valence-electron chi connectivity index (χ2n) is 29.5. The Hall–Kier alpha value is -0.0400. The second kappa shape index (κ2) is 19.4. The van der Waals surface area contributed by atoms with Gasteiger partial charge in [0.05, 0.1) is 12.2 Å². The minimum atomic E-state index is 0.595. The third-order valence-electron chi connectivity index (χ3n) is 24.1. The highest BCUT2D eigenvalue weighted by Crippen LogP contribution is 2.78. The Morgan fingerprint density at radius 1 is 0.270 bits per heavy atom. The predicted molar refractivity (Wildman–Crippen MR) is 276 cm³/mol. The summed E-state index contributed by atoms with van der Waals surface area (Å²) in [5.41, 5.74) is 4.68. The fraction of sp³-hybridized carbons (Fsp3) is 1.00. The molecule has 11 saturated carbocycles. The fourth-order valence-electron chi connectivity index (χ4n) is 17.9. The van der Waals surface area contributed by atoms with Crippen molar-refractivity contribution in [3.63, 3.8) is 0 Å². The molecule has 0 amide bonds. The van der Waals surface area contributed by atoms with E-state index in [9.17, 15) is 0 Å². The van der Waals surface area contributed by atoms with Crippen LogP contribution in [0.2, 0.25) is 0 Å². The second-order valence-corrected chi connectivity index (χ2v) is 29.5. The Morgan fingerprint density at radius 2 is 0.508 bits per heavy atom. The van der Waals surface area contributed by atoms with Crippen molar-refractivity contribution >= 4 is 0 Å². The lowest BCUT2D eigenvalue weighted by Crippen LogP contribution is -2.66. The molecule has 63 heavy (non-hydrogen) atoms. The van der Waals surface area contributed by atoms with E-state index in [0.29, 0.717) is 12.2 Å². The maximum Gasteiger partial charge on any atom is 0.0614 e. The van der Waals surface area contributed by atoms with Crippen LogP contribution in [0.5, 0.6) is 0 Å². The zero-order chi connectivity index (χ0) is 46.8. The van der Waals surface area contributed by atoms with Crippen LogP contribution in [0, 0.1) is 127 Å². The van der Waals surface area contributed by atoms with E-state index in [4.69, 9.17) is 4.74 Å². The van der Waals surface area contributed by atoms with Crippen LogP contribution in [0.4, 0.5) is 0 Å². The topological polar surface area (TPSA) is 9.23 Å². The average molecular weight is 876 g/mol. The van der Waals surface area contributed by atoms with Gasteiger partial charge in [-0.15, -0.1) is 0 Å². The van der Waals surface area contributed by atoms with Crippen LogP contribution in [0.15, 0.2) is 0 Å². The average Bonchev–Trinajstić information content (AvgIpc) is 4.02. The minimum absolute atomic E-state index is 0.595. The van der Waals surface area contributed by atoms with Crippen LogP contribution in [0.25, 0.3) is 0 Å². The molecule has 13 rings (SSSR count). The summed E-state index contributed by atoms with van der Waals surface area (Å²) in [5, 5.41) is 0. The molecule has 2 saturated heterocycles. The maximum atomic E-state index is 6.02. The van der Waals surface area contributed by atoms with Crippen molar-refractivity contribution < 1.29 is 4.74 Å². The first kappa shape index (κ1) is 52.3. The molecule has 2 heterocycles. The summed E-state index contributed by atoms with van der Waals surface area (Å²) in [4.78, 5) is 0. The molecule has 10 bridgehead atoms. The number of hydrogen-bond donors (Lipinski definition) is 0. The van der Waals surface area contributed by atoms with Gasteiger partial charge in [-0.05, 0) is 243 Å². The van der Waals surface area contributed by atoms with Gasteiger partial charge in [-0.2, -0.15) is 0 Å². The van der Waals surface area contributed by atoms with Gasteiger partial charge in [-0.3, -0.25) is 0 Å². The van der Waals surface area contributed by atoms with E-state index in [1.165, 1.54) is 96.3 Å². The zero-order valence-corrected chi connectivity index (χ0v) is 46.5. The monoisotopic (exact) mass is 875 g/mol. The zero-order valence-electron chi connectivity index (χ0n) is 46.5. The van der Waals surface area contributed by atoms with Gasteiger partial charge in [0.15, 0.2) is 0 Å². The van der Waals surface area contributed by atoms with E-state index in [2.05, 4.69) is 138 Å². The van der Waals surface area contributed by atoms with Gasteiger partial charge in [0, 0.05) is 0 Å². The van der Waals surface area contributed by atoms with Crippen LogP contribution >= 0.6 is 0 Å². The molecule has 2 aliphatic heterocycles. The first-order valence-corrected chi connectivity index (χ1v) is 28.9. The first-order chi connectivity index (χ1) is 29.2. The molecule has 0 N–H and O–H groups in total. The Kier molecular flexibility index (Phi) is 16.1. The van der Waals surface area contributed by atoms with Gasteiger partial charge >= 0.3 is 0 Å². The summed E-state index contributed by atoms with van der Waals surface area (Å²) < 4.78 is 6.02. The smallest absolute Gasteiger partial charge is 0.0614 e. The Labute approximate surface area is 396 Å². The number of ether oxygens (including phenoxy) is 1. The standard InChI is InChI=1S/C14H26.C13H24.C12H22O.C12H22.C11H20/c1-11(2)13-5-8-14(9-6-13,10-7-13)12(3)4;1-8(2)12-6-11-5-10(12)7-13(11)9(3)4;1-7(2)9-5-12-10(8(3)4)6-11(9)13-12;1-9(2)11-5-6-12(7-11,8-11)10(3)4;1-8(2)10-5-11(6-10,7-10)9(3)4/h11-12H,5-10H2,1-4H3;8-13H,5-7H2,1-4H3;7-12H,5-6H2,1-4H3;9-10H,5-8H2,1-4H3;8-9H,5-7H2,1-4H3. The molecule has 11 aliphatic carbocycles. The third kappa shape index (κ3) is 9.91. The van der Waals surface area contributed by atoms with Gasteiger partial charge in [0.25, 0.3) is 0 Å². The van der Waals surface area contributed by atoms with Crippen LogP contribution in [-0.2, 0) is 4.74 Å². The molecule has 0 aromatic rings. The van der Waals surface area contributed by atoms with E-state index in [0.717, 1.165) is 127 Å². The van der Waals surface area contributed by atoms with Crippen molar-refractivity contribution in [2.45, 2.75) is 266 Å². The summed E-state index contributed by atoms with van der Waals surface area (Å²) in [6.07, 6.45) is 28.3. The van der Waals surface area contributed by atoms with E-state index >= 15 is 0 Å². The Bertz CT molecular complexity index is 1260. The number of fused-ring (bicyclic) bond motifs is 8. The largest absolute Gasteiger partial charge is 0.374 e. The highest BCUT2D eigenvalue weighted by atomic mass is 16.5. The van der Waals surface area contributed by atoms with E-state index < -0.39 is 0 Å². The predicted octanol–water partition coefficient (Wildman–Crippen LogP) is 19.0. The van der Waals surface area contributed by atoms with Crippen LogP contribution < -0.4 is 0 Å². The molecule has 0 aromatic heterocycles. The van der Waals surface area contributed by atoms with Crippen molar-refractivity contribution in [2.75, 3.05) is 0 Å². The first-order valence-electron chi connectivity index (χ1n) is 28.9. The molecule has 0 radical (unpaired) electrons. The number of hydrogen-bond acceptors (Lipinski definition) is 1. The lowest BCUT2D eigenvalue weighted by Gasteiger charge is -2.75. The van der Waals surface area contributed by atoms with E-state index in [1.807, 2.05) is 0 Å². The molecule has 1 nitrogen and oxygen atoms in total. The Balaban J connectivity index is 0.000000131. The summed E-state index contributed by atoms with van der Waals surface area (Å²) in [6.45, 7) is 48.0. The molecule has 1 heteroatoms. The highest BCUT2D eigenvalue weighted by molar-refractivity contribution is 5.19. The molecule has 13 aliphatic rings. The fourth-order valence-corrected chi connectivity index (χ4v) is 17.9. The molecule has 368 valence electrons. The summed E-state index contributed by atoms with van der Waals surface area (Å²) >= 11 is 0. The molecule has 0 spiro atoms. The van der Waals surface area contributed by atoms with Gasteiger partial charge in [-0.25, -0.2) is 0 Å². The molecular formula is C62H114O. The lowest BCUT2D eigenvalue weighted by molar-refractivity contribution is -0.252. The molecular weight excluding hydrogens is 761 g/mol. The normalized spacial score (nSPS) is 44.5. The molecule has 8 atom stereocenters. The highest BCUT2D eigenvalue weighted by Gasteiger charge is 2.69. The summed E-state index contributed by atoms with van der Waals surface area (Å²) in [6, 6.07) is 0. The maximum absolute atomic E-state index is 6.02. The van der Waals surface area contributed by atoms with Crippen LogP contribution in [-0.4, -0.2) is 12.2 Å². The third-order valence-corrected chi connectivity index (χ3v) is 24.1. The molecule has 13 fully saturated rings. The minimum Gasteiger partial charge on any atom is -0.374 e.